The second kappa shape index (κ2) is 9.87. The normalized spacial score (nSPS) is 17.0. The third-order valence-electron chi connectivity index (χ3n) is 7.18. The highest BCUT2D eigenvalue weighted by molar-refractivity contribution is 5.90. The minimum Gasteiger partial charge on any atom is -0.481 e. The van der Waals surface area contributed by atoms with Gasteiger partial charge in [-0.2, -0.15) is 0 Å². The van der Waals surface area contributed by atoms with E-state index in [2.05, 4.69) is 34.9 Å². The van der Waals surface area contributed by atoms with Crippen LogP contribution >= 0.6 is 0 Å². The number of aliphatic carboxylic acids is 1. The van der Waals surface area contributed by atoms with Gasteiger partial charge in [0, 0.05) is 12.5 Å². The van der Waals surface area contributed by atoms with E-state index in [0.29, 0.717) is 12.8 Å². The maximum atomic E-state index is 13.1. The van der Waals surface area contributed by atoms with E-state index in [9.17, 15) is 19.5 Å². The van der Waals surface area contributed by atoms with Crippen molar-refractivity contribution in [2.75, 3.05) is 13.2 Å². The molecule has 2 aromatic rings. The molecule has 1 fully saturated rings. The Balaban J connectivity index is 1.41. The van der Waals surface area contributed by atoms with Crippen molar-refractivity contribution < 1.29 is 24.2 Å². The SMILES string of the molecule is CC(C)C(CNC(=O)C1(NC(=O)OCC2c3ccccc3-c3ccccc32)CCCC1)C(=O)O. The molecule has 1 atom stereocenters. The zero-order chi connectivity index (χ0) is 24.3. The van der Waals surface area contributed by atoms with Gasteiger partial charge in [-0.3, -0.25) is 9.59 Å². The lowest BCUT2D eigenvalue weighted by atomic mass is 9.93. The van der Waals surface area contributed by atoms with Crippen molar-refractivity contribution in [1.29, 1.82) is 0 Å². The third kappa shape index (κ3) is 4.65. The summed E-state index contributed by atoms with van der Waals surface area (Å²) in [6.45, 7) is 3.82. The maximum Gasteiger partial charge on any atom is 0.408 e. The number of hydrogen-bond donors (Lipinski definition) is 3. The quantitative estimate of drug-likeness (QED) is 0.540. The number of carboxylic acids is 1. The first-order valence-corrected chi connectivity index (χ1v) is 12.0. The van der Waals surface area contributed by atoms with Gasteiger partial charge in [0.15, 0.2) is 0 Å². The first kappa shape index (κ1) is 23.8. The van der Waals surface area contributed by atoms with Crippen LogP contribution in [-0.4, -0.2) is 41.8 Å². The summed E-state index contributed by atoms with van der Waals surface area (Å²) in [5.41, 5.74) is 3.48. The van der Waals surface area contributed by atoms with Crippen molar-refractivity contribution >= 4 is 18.0 Å². The standard InChI is InChI=1S/C27H32N2O5/c1-17(2)22(24(30)31)15-28-25(32)27(13-7-8-14-27)29-26(33)34-16-23-20-11-5-3-9-18(20)19-10-4-6-12-21(19)23/h3-6,9-12,17,22-23H,7-8,13-16H2,1-2H3,(H,28,32)(H,29,33)(H,30,31). The summed E-state index contributed by atoms with van der Waals surface area (Å²) in [5, 5.41) is 15.0. The van der Waals surface area contributed by atoms with Crippen molar-refractivity contribution in [3.63, 3.8) is 0 Å². The lowest BCUT2D eigenvalue weighted by Gasteiger charge is -2.29. The lowest BCUT2D eigenvalue weighted by molar-refractivity contribution is -0.143. The van der Waals surface area contributed by atoms with Gasteiger partial charge in [0.05, 0.1) is 5.92 Å². The minimum absolute atomic E-state index is 0.0277. The number of carboxylic acid groups (broad SMARTS) is 1. The molecule has 0 aliphatic heterocycles. The molecule has 0 radical (unpaired) electrons. The van der Waals surface area contributed by atoms with Crippen molar-refractivity contribution in [2.24, 2.45) is 11.8 Å². The Morgan fingerprint density at radius 1 is 1.00 bits per heavy atom. The van der Waals surface area contributed by atoms with Crippen LogP contribution in [0.5, 0.6) is 0 Å². The van der Waals surface area contributed by atoms with Crippen molar-refractivity contribution in [2.45, 2.75) is 51.0 Å². The maximum absolute atomic E-state index is 13.1. The number of hydrogen-bond acceptors (Lipinski definition) is 4. The van der Waals surface area contributed by atoms with Crippen LogP contribution in [0.3, 0.4) is 0 Å². The van der Waals surface area contributed by atoms with Gasteiger partial charge in [0.2, 0.25) is 5.91 Å². The van der Waals surface area contributed by atoms with Gasteiger partial charge < -0.3 is 20.5 Å². The Bertz CT molecular complexity index is 1030. The molecule has 0 aromatic heterocycles. The van der Waals surface area contributed by atoms with E-state index in [-0.39, 0.29) is 30.9 Å². The third-order valence-corrected chi connectivity index (χ3v) is 7.18. The summed E-state index contributed by atoms with van der Waals surface area (Å²) in [6, 6.07) is 16.2. The molecule has 0 heterocycles. The first-order chi connectivity index (χ1) is 16.3. The van der Waals surface area contributed by atoms with Crippen LogP contribution < -0.4 is 10.6 Å². The second-order valence-electron chi connectivity index (χ2n) is 9.64. The summed E-state index contributed by atoms with van der Waals surface area (Å²) in [4.78, 5) is 37.4. The molecular weight excluding hydrogens is 432 g/mol. The number of benzene rings is 2. The topological polar surface area (TPSA) is 105 Å². The zero-order valence-electron chi connectivity index (χ0n) is 19.7. The zero-order valence-corrected chi connectivity index (χ0v) is 19.7. The van der Waals surface area contributed by atoms with Gasteiger partial charge in [-0.15, -0.1) is 0 Å². The number of rotatable bonds is 8. The van der Waals surface area contributed by atoms with E-state index in [1.54, 1.807) is 0 Å². The fourth-order valence-electron chi connectivity index (χ4n) is 5.20. The van der Waals surface area contributed by atoms with Gasteiger partial charge in [0.1, 0.15) is 12.1 Å². The molecule has 180 valence electrons. The average Bonchev–Trinajstić information content (AvgIpc) is 3.41. The number of alkyl carbamates (subject to hydrolysis) is 1. The first-order valence-electron chi connectivity index (χ1n) is 12.0. The van der Waals surface area contributed by atoms with Crippen LogP contribution in [0.4, 0.5) is 4.79 Å². The number of carbonyl (C=O) groups is 3. The molecule has 4 rings (SSSR count). The molecule has 7 nitrogen and oxygen atoms in total. The predicted octanol–water partition coefficient (Wildman–Crippen LogP) is 4.31. The Kier molecular flexibility index (Phi) is 6.91. The van der Waals surface area contributed by atoms with E-state index in [1.807, 2.05) is 38.1 Å². The van der Waals surface area contributed by atoms with Crippen LogP contribution in [-0.2, 0) is 14.3 Å². The number of ether oxygens (including phenoxy) is 1. The van der Waals surface area contributed by atoms with Gasteiger partial charge in [-0.1, -0.05) is 75.2 Å². The second-order valence-corrected chi connectivity index (χ2v) is 9.64. The summed E-state index contributed by atoms with van der Waals surface area (Å²) in [5.74, 6) is -2.15. The van der Waals surface area contributed by atoms with Crippen molar-refractivity contribution in [3.05, 3.63) is 59.7 Å². The minimum atomic E-state index is -1.07. The summed E-state index contributed by atoms with van der Waals surface area (Å²) in [7, 11) is 0. The van der Waals surface area contributed by atoms with Crippen molar-refractivity contribution in [1.82, 2.24) is 10.6 Å². The summed E-state index contributed by atoms with van der Waals surface area (Å²) < 4.78 is 5.65. The molecule has 2 aromatic carbocycles. The number of carbonyl (C=O) groups excluding carboxylic acids is 2. The Hall–Kier alpha value is -3.35. The number of amides is 2. The molecule has 1 unspecified atom stereocenters. The van der Waals surface area contributed by atoms with Gasteiger partial charge >= 0.3 is 12.1 Å². The van der Waals surface area contributed by atoms with E-state index in [1.165, 1.54) is 0 Å². The molecule has 2 amide bonds. The molecule has 34 heavy (non-hydrogen) atoms. The molecule has 0 spiro atoms. The van der Waals surface area contributed by atoms with Crippen LogP contribution in [0.1, 0.15) is 56.6 Å². The van der Waals surface area contributed by atoms with E-state index in [4.69, 9.17) is 4.74 Å². The Labute approximate surface area is 199 Å². The molecule has 3 N–H and O–H groups in total. The Morgan fingerprint density at radius 2 is 1.56 bits per heavy atom. The van der Waals surface area contributed by atoms with E-state index < -0.39 is 23.5 Å². The molecule has 2 aliphatic rings. The van der Waals surface area contributed by atoms with Crippen LogP contribution in [0.15, 0.2) is 48.5 Å². The van der Waals surface area contributed by atoms with Crippen molar-refractivity contribution in [3.8, 4) is 11.1 Å². The van der Waals surface area contributed by atoms with Crippen LogP contribution in [0.25, 0.3) is 11.1 Å². The molecule has 2 aliphatic carbocycles. The van der Waals surface area contributed by atoms with Crippen LogP contribution in [0.2, 0.25) is 0 Å². The highest BCUT2D eigenvalue weighted by Gasteiger charge is 2.43. The predicted molar refractivity (Wildman–Crippen MR) is 128 cm³/mol. The van der Waals surface area contributed by atoms with E-state index in [0.717, 1.165) is 35.1 Å². The molecular formula is C27H32N2O5. The fraction of sp³-hybridized carbons (Fsp3) is 0.444. The number of fused-ring (bicyclic) bond motifs is 3. The Morgan fingerprint density at radius 3 is 2.09 bits per heavy atom. The largest absolute Gasteiger partial charge is 0.481 e. The summed E-state index contributed by atoms with van der Waals surface area (Å²) in [6.07, 6.45) is 2.00. The average molecular weight is 465 g/mol. The molecule has 0 saturated heterocycles. The number of nitrogens with one attached hydrogen (secondary N) is 2. The molecule has 7 heteroatoms. The molecule has 1 saturated carbocycles. The van der Waals surface area contributed by atoms with Crippen LogP contribution in [0, 0.1) is 11.8 Å². The van der Waals surface area contributed by atoms with E-state index >= 15 is 0 Å². The highest BCUT2D eigenvalue weighted by Crippen LogP contribution is 2.44. The van der Waals surface area contributed by atoms with Gasteiger partial charge in [-0.25, -0.2) is 4.79 Å². The van der Waals surface area contributed by atoms with Gasteiger partial charge in [-0.05, 0) is 41.0 Å². The highest BCUT2D eigenvalue weighted by atomic mass is 16.5. The summed E-state index contributed by atoms with van der Waals surface area (Å²) >= 11 is 0. The monoisotopic (exact) mass is 464 g/mol. The smallest absolute Gasteiger partial charge is 0.408 e. The molecule has 0 bridgehead atoms. The fourth-order valence-corrected chi connectivity index (χ4v) is 5.20. The van der Waals surface area contributed by atoms with Gasteiger partial charge in [0.25, 0.3) is 0 Å². The lowest BCUT2D eigenvalue weighted by Crippen LogP contribution is -2.58.